The van der Waals surface area contributed by atoms with Crippen LogP contribution in [0.5, 0.6) is 0 Å². The lowest BCUT2D eigenvalue weighted by Crippen LogP contribution is -2.15. The van der Waals surface area contributed by atoms with Crippen LogP contribution < -0.4 is 11.5 Å². The van der Waals surface area contributed by atoms with Crippen LogP contribution >= 0.6 is 0 Å². The van der Waals surface area contributed by atoms with Gasteiger partial charge in [0.15, 0.2) is 0 Å². The first-order valence-corrected chi connectivity index (χ1v) is 4.90. The van der Waals surface area contributed by atoms with Gasteiger partial charge in [0.05, 0.1) is 11.7 Å². The van der Waals surface area contributed by atoms with Gasteiger partial charge in [-0.2, -0.15) is 0 Å². The second-order valence-electron chi connectivity index (χ2n) is 3.47. The van der Waals surface area contributed by atoms with Gasteiger partial charge in [-0.15, -0.1) is 0 Å². The van der Waals surface area contributed by atoms with Crippen LogP contribution in [-0.4, -0.2) is 12.1 Å². The predicted octanol–water partition coefficient (Wildman–Crippen LogP) is 1.81. The minimum Gasteiger partial charge on any atom is -0.459 e. The van der Waals surface area contributed by atoms with Gasteiger partial charge in [-0.05, 0) is 31.5 Å². The third kappa shape index (κ3) is 2.87. The van der Waals surface area contributed by atoms with Crippen molar-refractivity contribution in [2.45, 2.75) is 26.4 Å². The first kappa shape index (κ1) is 11.4. The number of ether oxygens (including phenoxy) is 1. The van der Waals surface area contributed by atoms with Crippen molar-refractivity contribution in [1.29, 1.82) is 0 Å². The minimum atomic E-state index is -0.401. The Morgan fingerprint density at radius 1 is 1.47 bits per heavy atom. The van der Waals surface area contributed by atoms with Crippen molar-refractivity contribution in [3.63, 3.8) is 0 Å². The van der Waals surface area contributed by atoms with Crippen LogP contribution in [-0.2, 0) is 4.74 Å². The normalized spacial score (nSPS) is 12.1. The van der Waals surface area contributed by atoms with Crippen LogP contribution in [0.1, 0.15) is 30.6 Å². The van der Waals surface area contributed by atoms with Gasteiger partial charge < -0.3 is 16.2 Å². The molecule has 0 aliphatic carbocycles. The second-order valence-corrected chi connectivity index (χ2v) is 3.47. The maximum absolute atomic E-state index is 11.6. The lowest BCUT2D eigenvalue weighted by molar-refractivity contribution is 0.0336. The number of benzene rings is 1. The molecule has 0 saturated heterocycles. The summed E-state index contributed by atoms with van der Waals surface area (Å²) in [5, 5.41) is 0. The highest BCUT2D eigenvalue weighted by Crippen LogP contribution is 2.17. The first-order chi connectivity index (χ1) is 7.04. The van der Waals surface area contributed by atoms with Gasteiger partial charge in [0.2, 0.25) is 0 Å². The maximum Gasteiger partial charge on any atom is 0.340 e. The maximum atomic E-state index is 11.6. The molecule has 0 bridgehead atoms. The summed E-state index contributed by atoms with van der Waals surface area (Å²) in [6.45, 7) is 3.79. The Bertz CT molecular complexity index is 364. The monoisotopic (exact) mass is 208 g/mol. The number of hydrogen-bond donors (Lipinski definition) is 2. The van der Waals surface area contributed by atoms with E-state index in [9.17, 15) is 4.79 Å². The highest BCUT2D eigenvalue weighted by atomic mass is 16.5. The largest absolute Gasteiger partial charge is 0.459 e. The Labute approximate surface area is 89.2 Å². The molecule has 0 saturated carbocycles. The predicted molar refractivity (Wildman–Crippen MR) is 60.4 cm³/mol. The van der Waals surface area contributed by atoms with Crippen LogP contribution in [0.25, 0.3) is 0 Å². The average Bonchev–Trinajstić information content (AvgIpc) is 2.17. The molecule has 82 valence electrons. The molecule has 0 amide bonds. The molecule has 1 unspecified atom stereocenters. The average molecular weight is 208 g/mol. The van der Waals surface area contributed by atoms with Crippen LogP contribution in [0.15, 0.2) is 18.2 Å². The van der Waals surface area contributed by atoms with Crippen molar-refractivity contribution < 1.29 is 9.53 Å². The van der Waals surface area contributed by atoms with E-state index in [1.165, 1.54) is 0 Å². The van der Waals surface area contributed by atoms with Crippen molar-refractivity contribution in [2.24, 2.45) is 0 Å². The molecular formula is C11H16N2O2. The number of esters is 1. The number of nitrogen functional groups attached to an aromatic ring is 2. The van der Waals surface area contributed by atoms with Crippen LogP contribution in [0.4, 0.5) is 11.4 Å². The zero-order valence-corrected chi connectivity index (χ0v) is 8.99. The number of carbonyl (C=O) groups is 1. The molecule has 4 N–H and O–H groups in total. The van der Waals surface area contributed by atoms with Gasteiger partial charge in [-0.3, -0.25) is 0 Å². The number of carbonyl (C=O) groups excluding carboxylic acids is 1. The molecule has 0 radical (unpaired) electrons. The second kappa shape index (κ2) is 4.68. The molecule has 1 aromatic carbocycles. The van der Waals surface area contributed by atoms with Gasteiger partial charge in [0.25, 0.3) is 0 Å². The molecule has 0 heterocycles. The molecule has 0 aromatic heterocycles. The van der Waals surface area contributed by atoms with Crippen molar-refractivity contribution in [3.05, 3.63) is 23.8 Å². The molecule has 0 fully saturated rings. The van der Waals surface area contributed by atoms with E-state index in [2.05, 4.69) is 0 Å². The van der Waals surface area contributed by atoms with Gasteiger partial charge >= 0.3 is 5.97 Å². The van der Waals surface area contributed by atoms with E-state index in [4.69, 9.17) is 16.2 Å². The van der Waals surface area contributed by atoms with Crippen molar-refractivity contribution >= 4 is 17.3 Å². The minimum absolute atomic E-state index is 0.102. The lowest BCUT2D eigenvalue weighted by Gasteiger charge is -2.12. The standard InChI is InChI=1S/C11H16N2O2/c1-3-7(2)15-11(14)9-5-4-8(12)6-10(9)13/h4-7H,3,12-13H2,1-2H3. The SMILES string of the molecule is CCC(C)OC(=O)c1ccc(N)cc1N. The van der Waals surface area contributed by atoms with Crippen LogP contribution in [0.3, 0.4) is 0 Å². The Hall–Kier alpha value is -1.71. The number of rotatable bonds is 3. The molecule has 15 heavy (non-hydrogen) atoms. The smallest absolute Gasteiger partial charge is 0.340 e. The number of hydrogen-bond acceptors (Lipinski definition) is 4. The zero-order valence-electron chi connectivity index (χ0n) is 8.99. The fraction of sp³-hybridized carbons (Fsp3) is 0.364. The van der Waals surface area contributed by atoms with E-state index in [0.717, 1.165) is 6.42 Å². The third-order valence-electron chi connectivity index (χ3n) is 2.18. The van der Waals surface area contributed by atoms with Gasteiger partial charge in [0, 0.05) is 11.4 Å². The number of nitrogens with two attached hydrogens (primary N) is 2. The Morgan fingerprint density at radius 3 is 2.67 bits per heavy atom. The van der Waals surface area contributed by atoms with Gasteiger partial charge in [0.1, 0.15) is 0 Å². The number of anilines is 2. The molecule has 4 heteroatoms. The molecule has 0 aliphatic rings. The Balaban J connectivity index is 2.82. The fourth-order valence-corrected chi connectivity index (χ4v) is 1.10. The van der Waals surface area contributed by atoms with Crippen molar-refractivity contribution in [1.82, 2.24) is 0 Å². The zero-order chi connectivity index (χ0) is 11.4. The van der Waals surface area contributed by atoms with E-state index in [1.807, 2.05) is 13.8 Å². The summed E-state index contributed by atoms with van der Waals surface area (Å²) in [5.41, 5.74) is 12.4. The summed E-state index contributed by atoms with van der Waals surface area (Å²) in [6.07, 6.45) is 0.676. The fourth-order valence-electron chi connectivity index (χ4n) is 1.10. The van der Waals surface area contributed by atoms with E-state index in [1.54, 1.807) is 18.2 Å². The summed E-state index contributed by atoms with van der Waals surface area (Å²) in [6, 6.07) is 4.76. The van der Waals surface area contributed by atoms with Gasteiger partial charge in [-0.25, -0.2) is 4.79 Å². The first-order valence-electron chi connectivity index (χ1n) is 4.90. The molecule has 1 rings (SSSR count). The van der Waals surface area contributed by atoms with Crippen LogP contribution in [0, 0.1) is 0 Å². The van der Waals surface area contributed by atoms with Crippen molar-refractivity contribution in [2.75, 3.05) is 11.5 Å². The summed E-state index contributed by atoms with van der Waals surface area (Å²) >= 11 is 0. The molecule has 1 atom stereocenters. The van der Waals surface area contributed by atoms with E-state index >= 15 is 0 Å². The molecule has 1 aromatic rings. The Morgan fingerprint density at radius 2 is 2.13 bits per heavy atom. The summed E-state index contributed by atoms with van der Waals surface area (Å²) in [4.78, 5) is 11.6. The summed E-state index contributed by atoms with van der Waals surface area (Å²) in [7, 11) is 0. The highest BCUT2D eigenvalue weighted by Gasteiger charge is 2.13. The third-order valence-corrected chi connectivity index (χ3v) is 2.18. The molecular weight excluding hydrogens is 192 g/mol. The van der Waals surface area contributed by atoms with E-state index < -0.39 is 5.97 Å². The quantitative estimate of drug-likeness (QED) is 0.586. The summed E-state index contributed by atoms with van der Waals surface area (Å²) in [5.74, 6) is -0.401. The Kier molecular flexibility index (Phi) is 3.55. The van der Waals surface area contributed by atoms with E-state index in [-0.39, 0.29) is 6.10 Å². The summed E-state index contributed by atoms with van der Waals surface area (Å²) < 4.78 is 5.15. The van der Waals surface area contributed by atoms with E-state index in [0.29, 0.717) is 16.9 Å². The highest BCUT2D eigenvalue weighted by molar-refractivity contribution is 5.95. The topological polar surface area (TPSA) is 78.3 Å². The lowest BCUT2D eigenvalue weighted by atomic mass is 10.1. The molecule has 4 nitrogen and oxygen atoms in total. The molecule has 0 aliphatic heterocycles. The van der Waals surface area contributed by atoms with Crippen molar-refractivity contribution in [3.8, 4) is 0 Å². The molecule has 0 spiro atoms. The van der Waals surface area contributed by atoms with Crippen LogP contribution in [0.2, 0.25) is 0 Å². The van der Waals surface area contributed by atoms with Gasteiger partial charge in [-0.1, -0.05) is 6.92 Å².